The Balaban J connectivity index is 2.19. The average Bonchev–Trinajstić information content (AvgIpc) is 2.87. The molecule has 11 heavy (non-hydrogen) atoms. The highest BCUT2D eigenvalue weighted by Crippen LogP contribution is 2.38. The zero-order valence-corrected chi connectivity index (χ0v) is 6.33. The molecule has 1 aliphatic carbocycles. The van der Waals surface area contributed by atoms with Crippen LogP contribution in [-0.4, -0.2) is 10.2 Å². The maximum absolute atomic E-state index is 5.39. The highest BCUT2D eigenvalue weighted by molar-refractivity contribution is 5.15. The first kappa shape index (κ1) is 6.73. The molecule has 1 aromatic heterocycles. The fraction of sp³-hybridized carbons (Fsp3) is 0.500. The molecule has 0 spiro atoms. The summed E-state index contributed by atoms with van der Waals surface area (Å²) >= 11 is 0. The summed E-state index contributed by atoms with van der Waals surface area (Å²) in [5, 5.41) is 8.06. The smallest absolute Gasteiger partial charge is 0.0767 e. The maximum Gasteiger partial charge on any atom is 0.0767 e. The highest BCUT2D eigenvalue weighted by atomic mass is 15.1. The molecule has 3 heteroatoms. The molecule has 1 fully saturated rings. The summed E-state index contributed by atoms with van der Waals surface area (Å²) < 4.78 is 0. The number of aromatic nitrogens is 2. The van der Waals surface area contributed by atoms with E-state index in [4.69, 9.17) is 5.73 Å². The third kappa shape index (κ3) is 1.38. The molecule has 0 aromatic carbocycles. The summed E-state index contributed by atoms with van der Waals surface area (Å²) in [6.45, 7) is 0.484. The van der Waals surface area contributed by atoms with Gasteiger partial charge < -0.3 is 5.73 Å². The molecule has 1 heterocycles. The van der Waals surface area contributed by atoms with E-state index in [-0.39, 0.29) is 0 Å². The van der Waals surface area contributed by atoms with Crippen LogP contribution in [-0.2, 0) is 6.54 Å². The second kappa shape index (κ2) is 2.58. The van der Waals surface area contributed by atoms with Crippen LogP contribution in [0.2, 0.25) is 0 Å². The van der Waals surface area contributed by atoms with Crippen molar-refractivity contribution in [1.82, 2.24) is 10.2 Å². The number of hydrogen-bond donors (Lipinski definition) is 1. The molecule has 0 atom stereocenters. The van der Waals surface area contributed by atoms with Gasteiger partial charge in [-0.1, -0.05) is 0 Å². The number of nitrogens with zero attached hydrogens (tertiary/aromatic N) is 2. The monoisotopic (exact) mass is 149 g/mol. The van der Waals surface area contributed by atoms with Crippen molar-refractivity contribution in [3.63, 3.8) is 0 Å². The Bertz CT molecular complexity index is 238. The number of hydrogen-bond acceptors (Lipinski definition) is 3. The summed E-state index contributed by atoms with van der Waals surface area (Å²) in [6.07, 6.45) is 2.55. The first-order valence-corrected chi connectivity index (χ1v) is 3.92. The van der Waals surface area contributed by atoms with Gasteiger partial charge in [-0.25, -0.2) is 0 Å². The van der Waals surface area contributed by atoms with Crippen molar-refractivity contribution in [2.45, 2.75) is 25.3 Å². The molecule has 0 amide bonds. The van der Waals surface area contributed by atoms with E-state index in [1.54, 1.807) is 0 Å². The summed E-state index contributed by atoms with van der Waals surface area (Å²) in [4.78, 5) is 0. The summed E-state index contributed by atoms with van der Waals surface area (Å²) in [6, 6.07) is 3.99. The van der Waals surface area contributed by atoms with Gasteiger partial charge in [0, 0.05) is 12.5 Å². The van der Waals surface area contributed by atoms with Gasteiger partial charge >= 0.3 is 0 Å². The summed E-state index contributed by atoms with van der Waals surface area (Å²) in [5.74, 6) is 0.689. The lowest BCUT2D eigenvalue weighted by Crippen LogP contribution is -2.01. The molecule has 58 valence electrons. The predicted octanol–water partition coefficient (Wildman–Crippen LogP) is 0.813. The third-order valence-corrected chi connectivity index (χ3v) is 1.95. The van der Waals surface area contributed by atoms with E-state index < -0.39 is 0 Å². The van der Waals surface area contributed by atoms with E-state index in [0.29, 0.717) is 12.5 Å². The lowest BCUT2D eigenvalue weighted by atomic mass is 10.2. The number of rotatable bonds is 2. The molecule has 2 rings (SSSR count). The van der Waals surface area contributed by atoms with Gasteiger partial charge in [-0.2, -0.15) is 10.2 Å². The van der Waals surface area contributed by atoms with Crippen molar-refractivity contribution in [1.29, 1.82) is 0 Å². The molecule has 0 radical (unpaired) electrons. The van der Waals surface area contributed by atoms with Crippen molar-refractivity contribution in [3.05, 3.63) is 23.5 Å². The van der Waals surface area contributed by atoms with Crippen LogP contribution in [0.25, 0.3) is 0 Å². The minimum atomic E-state index is 0.484. The minimum absolute atomic E-state index is 0.484. The first-order valence-electron chi connectivity index (χ1n) is 3.92. The van der Waals surface area contributed by atoms with E-state index in [9.17, 15) is 0 Å². The molecule has 3 nitrogen and oxygen atoms in total. The van der Waals surface area contributed by atoms with Crippen molar-refractivity contribution in [2.24, 2.45) is 5.73 Å². The van der Waals surface area contributed by atoms with Gasteiger partial charge in [0.2, 0.25) is 0 Å². The highest BCUT2D eigenvalue weighted by Gasteiger charge is 2.24. The standard InChI is InChI=1S/C8H11N3/c9-5-7-3-4-8(11-10-7)6-1-2-6/h3-4,6H,1-2,5,9H2. The summed E-state index contributed by atoms with van der Waals surface area (Å²) in [7, 11) is 0. The van der Waals surface area contributed by atoms with Crippen LogP contribution in [0, 0.1) is 0 Å². The van der Waals surface area contributed by atoms with E-state index in [1.807, 2.05) is 12.1 Å². The fourth-order valence-corrected chi connectivity index (χ4v) is 1.08. The summed E-state index contributed by atoms with van der Waals surface area (Å²) in [5.41, 5.74) is 7.39. The molecule has 0 aliphatic heterocycles. The van der Waals surface area contributed by atoms with Crippen LogP contribution in [0.1, 0.15) is 30.1 Å². The Kier molecular flexibility index (Phi) is 1.58. The Hall–Kier alpha value is -0.960. The maximum atomic E-state index is 5.39. The molecule has 0 bridgehead atoms. The Morgan fingerprint density at radius 1 is 1.36 bits per heavy atom. The van der Waals surface area contributed by atoms with Crippen molar-refractivity contribution >= 4 is 0 Å². The third-order valence-electron chi connectivity index (χ3n) is 1.95. The van der Waals surface area contributed by atoms with Crippen LogP contribution in [0.5, 0.6) is 0 Å². The van der Waals surface area contributed by atoms with Gasteiger partial charge in [-0.3, -0.25) is 0 Å². The van der Waals surface area contributed by atoms with E-state index in [1.165, 1.54) is 12.8 Å². The molecule has 0 saturated heterocycles. The number of nitrogens with two attached hydrogens (primary N) is 1. The largest absolute Gasteiger partial charge is 0.325 e. The van der Waals surface area contributed by atoms with Gasteiger partial charge in [-0.15, -0.1) is 0 Å². The van der Waals surface area contributed by atoms with Crippen LogP contribution >= 0.6 is 0 Å². The lowest BCUT2D eigenvalue weighted by Gasteiger charge is -1.96. The van der Waals surface area contributed by atoms with E-state index >= 15 is 0 Å². The second-order valence-electron chi connectivity index (χ2n) is 2.93. The van der Waals surface area contributed by atoms with E-state index in [2.05, 4.69) is 10.2 Å². The zero-order valence-electron chi connectivity index (χ0n) is 6.33. The SMILES string of the molecule is NCc1ccc(C2CC2)nn1. The normalized spacial score (nSPS) is 16.8. The van der Waals surface area contributed by atoms with Crippen LogP contribution < -0.4 is 5.73 Å². The molecule has 2 N–H and O–H groups in total. The minimum Gasteiger partial charge on any atom is -0.325 e. The molecule has 1 aromatic rings. The predicted molar refractivity (Wildman–Crippen MR) is 41.9 cm³/mol. The Morgan fingerprint density at radius 3 is 2.64 bits per heavy atom. The van der Waals surface area contributed by atoms with Crippen molar-refractivity contribution in [3.8, 4) is 0 Å². The molecular formula is C8H11N3. The van der Waals surface area contributed by atoms with Gasteiger partial charge in [0.15, 0.2) is 0 Å². The van der Waals surface area contributed by atoms with Crippen molar-refractivity contribution in [2.75, 3.05) is 0 Å². The van der Waals surface area contributed by atoms with Gasteiger partial charge in [0.25, 0.3) is 0 Å². The second-order valence-corrected chi connectivity index (χ2v) is 2.93. The quantitative estimate of drug-likeness (QED) is 0.677. The van der Waals surface area contributed by atoms with Crippen LogP contribution in [0.3, 0.4) is 0 Å². The van der Waals surface area contributed by atoms with Crippen LogP contribution in [0.4, 0.5) is 0 Å². The van der Waals surface area contributed by atoms with Gasteiger partial charge in [0.1, 0.15) is 0 Å². The van der Waals surface area contributed by atoms with Crippen molar-refractivity contribution < 1.29 is 0 Å². The van der Waals surface area contributed by atoms with Crippen LogP contribution in [0.15, 0.2) is 12.1 Å². The van der Waals surface area contributed by atoms with Gasteiger partial charge in [0.05, 0.1) is 11.4 Å². The van der Waals surface area contributed by atoms with Gasteiger partial charge in [-0.05, 0) is 25.0 Å². The first-order chi connectivity index (χ1) is 5.40. The van der Waals surface area contributed by atoms with E-state index in [0.717, 1.165) is 11.4 Å². The fourth-order valence-electron chi connectivity index (χ4n) is 1.08. The molecule has 1 aliphatic rings. The zero-order chi connectivity index (χ0) is 7.68. The Labute approximate surface area is 65.6 Å². The Morgan fingerprint density at radius 2 is 2.18 bits per heavy atom. The topological polar surface area (TPSA) is 51.8 Å². The molecule has 0 unspecified atom stereocenters. The molecule has 1 saturated carbocycles. The lowest BCUT2D eigenvalue weighted by molar-refractivity contribution is 0.845. The molecular weight excluding hydrogens is 138 g/mol. The average molecular weight is 149 g/mol.